The van der Waals surface area contributed by atoms with Crippen LogP contribution in [0.15, 0.2) is 18.2 Å². The van der Waals surface area contributed by atoms with Gasteiger partial charge >= 0.3 is 0 Å². The predicted octanol–water partition coefficient (Wildman–Crippen LogP) is 2.68. The normalized spacial score (nSPS) is 12.4. The lowest BCUT2D eigenvalue weighted by molar-refractivity contribution is 0.317. The third-order valence-corrected chi connectivity index (χ3v) is 2.59. The molecule has 0 aliphatic carbocycles. The average Bonchev–Trinajstić information content (AvgIpc) is 2.30. The van der Waals surface area contributed by atoms with Crippen LogP contribution in [-0.4, -0.2) is 17.8 Å². The summed E-state index contributed by atoms with van der Waals surface area (Å²) < 4.78 is 5.33. The van der Waals surface area contributed by atoms with Gasteiger partial charge in [0.1, 0.15) is 0 Å². The van der Waals surface area contributed by atoms with E-state index in [0.29, 0.717) is 18.4 Å². The maximum atomic E-state index is 9.54. The van der Waals surface area contributed by atoms with Crippen molar-refractivity contribution in [2.75, 3.05) is 6.61 Å². The minimum Gasteiger partial charge on any atom is -0.504 e. The Morgan fingerprint density at radius 2 is 2.12 bits per heavy atom. The predicted molar refractivity (Wildman–Crippen MR) is 65.9 cm³/mol. The van der Waals surface area contributed by atoms with Crippen molar-refractivity contribution in [2.45, 2.75) is 39.8 Å². The van der Waals surface area contributed by atoms with Gasteiger partial charge in [0.2, 0.25) is 0 Å². The van der Waals surface area contributed by atoms with E-state index in [-0.39, 0.29) is 5.75 Å². The van der Waals surface area contributed by atoms with E-state index < -0.39 is 0 Å². The molecule has 2 N–H and O–H groups in total. The van der Waals surface area contributed by atoms with Gasteiger partial charge in [0.15, 0.2) is 11.5 Å². The summed E-state index contributed by atoms with van der Waals surface area (Å²) in [6.45, 7) is 7.58. The number of ether oxygens (including phenoxy) is 1. The summed E-state index contributed by atoms with van der Waals surface area (Å²) in [7, 11) is 0. The third kappa shape index (κ3) is 3.74. The third-order valence-electron chi connectivity index (χ3n) is 2.59. The highest BCUT2D eigenvalue weighted by Crippen LogP contribution is 2.26. The molecule has 0 heterocycles. The fourth-order valence-corrected chi connectivity index (χ4v) is 1.38. The van der Waals surface area contributed by atoms with Crippen molar-refractivity contribution in [3.63, 3.8) is 0 Å². The Labute approximate surface area is 97.4 Å². The van der Waals surface area contributed by atoms with Crippen LogP contribution in [0.25, 0.3) is 0 Å². The van der Waals surface area contributed by atoms with E-state index >= 15 is 0 Å². The summed E-state index contributed by atoms with van der Waals surface area (Å²) in [5.74, 6) is 0.764. The molecule has 1 atom stereocenters. The topological polar surface area (TPSA) is 41.5 Å². The lowest BCUT2D eigenvalue weighted by Crippen LogP contribution is -2.24. The van der Waals surface area contributed by atoms with Crippen LogP contribution in [0.3, 0.4) is 0 Å². The van der Waals surface area contributed by atoms with E-state index in [0.717, 1.165) is 18.5 Å². The van der Waals surface area contributed by atoms with Gasteiger partial charge in [0.05, 0.1) is 6.61 Å². The molecule has 1 aromatic carbocycles. The highest BCUT2D eigenvalue weighted by Gasteiger charge is 2.04. The van der Waals surface area contributed by atoms with E-state index in [1.807, 2.05) is 19.1 Å². The Balaban J connectivity index is 2.63. The van der Waals surface area contributed by atoms with Crippen LogP contribution in [0.5, 0.6) is 11.5 Å². The zero-order valence-electron chi connectivity index (χ0n) is 10.3. The van der Waals surface area contributed by atoms with Crippen LogP contribution in [0.1, 0.15) is 32.8 Å². The first-order chi connectivity index (χ1) is 7.67. The highest BCUT2D eigenvalue weighted by atomic mass is 16.5. The fourth-order valence-electron chi connectivity index (χ4n) is 1.38. The zero-order chi connectivity index (χ0) is 12.0. The second kappa shape index (κ2) is 6.38. The molecule has 0 saturated heterocycles. The second-order valence-electron chi connectivity index (χ2n) is 3.93. The van der Waals surface area contributed by atoms with Gasteiger partial charge in [0.25, 0.3) is 0 Å². The van der Waals surface area contributed by atoms with Gasteiger partial charge in [-0.05, 0) is 38.0 Å². The van der Waals surface area contributed by atoms with Gasteiger partial charge in [-0.1, -0.05) is 13.0 Å². The van der Waals surface area contributed by atoms with Crippen molar-refractivity contribution >= 4 is 0 Å². The van der Waals surface area contributed by atoms with Crippen LogP contribution in [0.2, 0.25) is 0 Å². The monoisotopic (exact) mass is 223 g/mol. The minimum atomic E-state index is 0.203. The Morgan fingerprint density at radius 1 is 1.38 bits per heavy atom. The number of nitrogens with one attached hydrogen (secondary N) is 1. The van der Waals surface area contributed by atoms with Crippen molar-refractivity contribution in [1.82, 2.24) is 5.32 Å². The van der Waals surface area contributed by atoms with Crippen molar-refractivity contribution in [1.29, 1.82) is 0 Å². The number of phenols is 1. The summed E-state index contributed by atoms with van der Waals surface area (Å²) in [5, 5.41) is 12.9. The molecule has 90 valence electrons. The molecule has 0 aliphatic rings. The van der Waals surface area contributed by atoms with Crippen LogP contribution < -0.4 is 10.1 Å². The molecule has 0 radical (unpaired) electrons. The molecule has 0 aliphatic heterocycles. The van der Waals surface area contributed by atoms with Gasteiger partial charge in [0, 0.05) is 12.6 Å². The summed E-state index contributed by atoms with van der Waals surface area (Å²) in [5.41, 5.74) is 1.13. The van der Waals surface area contributed by atoms with E-state index in [1.165, 1.54) is 0 Å². The summed E-state index contributed by atoms with van der Waals surface area (Å²) in [6, 6.07) is 5.98. The van der Waals surface area contributed by atoms with Crippen molar-refractivity contribution in [3.8, 4) is 11.5 Å². The second-order valence-corrected chi connectivity index (χ2v) is 3.93. The Morgan fingerprint density at radius 3 is 2.75 bits per heavy atom. The SMILES string of the molecule is CCOc1cc(CN[C@H](C)CC)ccc1O. The largest absolute Gasteiger partial charge is 0.504 e. The van der Waals surface area contributed by atoms with Gasteiger partial charge < -0.3 is 15.2 Å². The number of hydrogen-bond donors (Lipinski definition) is 2. The van der Waals surface area contributed by atoms with Gasteiger partial charge in [-0.15, -0.1) is 0 Å². The van der Waals surface area contributed by atoms with E-state index in [4.69, 9.17) is 4.74 Å². The zero-order valence-corrected chi connectivity index (χ0v) is 10.3. The fraction of sp³-hybridized carbons (Fsp3) is 0.538. The highest BCUT2D eigenvalue weighted by molar-refractivity contribution is 5.41. The molecule has 1 rings (SSSR count). The molecule has 3 heteroatoms. The molecule has 3 nitrogen and oxygen atoms in total. The molecule has 0 bridgehead atoms. The average molecular weight is 223 g/mol. The molecule has 16 heavy (non-hydrogen) atoms. The quantitative estimate of drug-likeness (QED) is 0.779. The molecular formula is C13H21NO2. The van der Waals surface area contributed by atoms with E-state index in [2.05, 4.69) is 19.2 Å². The van der Waals surface area contributed by atoms with Crippen LogP contribution >= 0.6 is 0 Å². The molecule has 1 aromatic rings. The molecule has 0 unspecified atom stereocenters. The lowest BCUT2D eigenvalue weighted by Gasteiger charge is -2.12. The molecule has 0 amide bonds. The molecule has 0 aromatic heterocycles. The summed E-state index contributed by atoms with van der Waals surface area (Å²) >= 11 is 0. The standard InChI is InChI=1S/C13H21NO2/c1-4-10(3)14-9-11-6-7-12(15)13(8-11)16-5-2/h6-8,10,14-15H,4-5,9H2,1-3H3/t10-/m1/s1. The molecule has 0 saturated carbocycles. The molecule has 0 fully saturated rings. The van der Waals surface area contributed by atoms with Crippen molar-refractivity contribution in [3.05, 3.63) is 23.8 Å². The maximum Gasteiger partial charge on any atom is 0.161 e. The van der Waals surface area contributed by atoms with Crippen molar-refractivity contribution in [2.24, 2.45) is 0 Å². The van der Waals surface area contributed by atoms with E-state index in [1.54, 1.807) is 6.07 Å². The van der Waals surface area contributed by atoms with Gasteiger partial charge in [-0.3, -0.25) is 0 Å². The molecular weight excluding hydrogens is 202 g/mol. The number of hydrogen-bond acceptors (Lipinski definition) is 3. The van der Waals surface area contributed by atoms with E-state index in [9.17, 15) is 5.11 Å². The number of aromatic hydroxyl groups is 1. The summed E-state index contributed by atoms with van der Waals surface area (Å²) in [4.78, 5) is 0. The number of phenolic OH excluding ortho intramolecular Hbond substituents is 1. The first-order valence-electron chi connectivity index (χ1n) is 5.85. The lowest BCUT2D eigenvalue weighted by atomic mass is 10.2. The first kappa shape index (κ1) is 12.8. The Hall–Kier alpha value is -1.22. The smallest absolute Gasteiger partial charge is 0.161 e. The Bertz CT molecular complexity index is 326. The number of rotatable bonds is 6. The summed E-state index contributed by atoms with van der Waals surface area (Å²) in [6.07, 6.45) is 1.11. The van der Waals surface area contributed by atoms with Gasteiger partial charge in [-0.2, -0.15) is 0 Å². The van der Waals surface area contributed by atoms with Gasteiger partial charge in [-0.25, -0.2) is 0 Å². The van der Waals surface area contributed by atoms with Crippen molar-refractivity contribution < 1.29 is 9.84 Å². The number of benzene rings is 1. The van der Waals surface area contributed by atoms with Crippen LogP contribution in [0, 0.1) is 0 Å². The molecule has 0 spiro atoms. The minimum absolute atomic E-state index is 0.203. The first-order valence-corrected chi connectivity index (χ1v) is 5.85. The van der Waals surface area contributed by atoms with Crippen LogP contribution in [0.4, 0.5) is 0 Å². The van der Waals surface area contributed by atoms with Crippen LogP contribution in [-0.2, 0) is 6.54 Å². The Kier molecular flexibility index (Phi) is 5.12. The maximum absolute atomic E-state index is 9.54.